The molecule has 0 aromatic heterocycles. The van der Waals surface area contributed by atoms with Crippen LogP contribution >= 0.6 is 15.9 Å². The number of ether oxygens (including phenoxy) is 1. The molecule has 0 atom stereocenters. The van der Waals surface area contributed by atoms with Gasteiger partial charge in [-0.1, -0.05) is 18.2 Å². The molecule has 2 aromatic carbocycles. The summed E-state index contributed by atoms with van der Waals surface area (Å²) in [6.07, 6.45) is -4.77. The van der Waals surface area contributed by atoms with Gasteiger partial charge in [-0.2, -0.15) is 0 Å². The number of carbonyl (C=O) groups excluding carboxylic acids is 1. The van der Waals surface area contributed by atoms with Crippen molar-refractivity contribution in [1.29, 1.82) is 0 Å². The first-order valence-electron chi connectivity index (χ1n) is 5.77. The minimum absolute atomic E-state index is 0.0886. The van der Waals surface area contributed by atoms with Gasteiger partial charge in [0.25, 0.3) is 5.91 Å². The molecule has 0 spiro atoms. The molecule has 2 rings (SSSR count). The van der Waals surface area contributed by atoms with Gasteiger partial charge in [0.05, 0.1) is 4.47 Å². The van der Waals surface area contributed by atoms with Crippen molar-refractivity contribution in [3.05, 3.63) is 58.6 Å². The fourth-order valence-electron chi connectivity index (χ4n) is 1.58. The summed E-state index contributed by atoms with van der Waals surface area (Å²) in [6.45, 7) is 0. The van der Waals surface area contributed by atoms with Gasteiger partial charge in [0.1, 0.15) is 5.75 Å². The third kappa shape index (κ3) is 4.49. The van der Waals surface area contributed by atoms with Crippen LogP contribution in [0.1, 0.15) is 10.4 Å². The first-order chi connectivity index (χ1) is 9.85. The van der Waals surface area contributed by atoms with Crippen LogP contribution in [0.5, 0.6) is 5.75 Å². The zero-order chi connectivity index (χ0) is 15.5. The van der Waals surface area contributed by atoms with E-state index in [2.05, 4.69) is 26.0 Å². The molecule has 1 amide bonds. The Hall–Kier alpha value is -2.02. The van der Waals surface area contributed by atoms with Crippen molar-refractivity contribution < 1.29 is 22.7 Å². The molecule has 2 aromatic rings. The fraction of sp³-hybridized carbons (Fsp3) is 0.0714. The Labute approximate surface area is 126 Å². The van der Waals surface area contributed by atoms with E-state index in [1.54, 1.807) is 30.3 Å². The van der Waals surface area contributed by atoms with Crippen LogP contribution in [0, 0.1) is 0 Å². The van der Waals surface area contributed by atoms with E-state index in [9.17, 15) is 18.0 Å². The lowest BCUT2D eigenvalue weighted by atomic mass is 10.2. The highest BCUT2D eigenvalue weighted by Gasteiger charge is 2.31. The SMILES string of the molecule is O=C(Nc1ccc(OC(F)(F)F)c(Br)c1)c1ccccc1. The predicted octanol–water partition coefficient (Wildman–Crippen LogP) is 4.60. The summed E-state index contributed by atoms with van der Waals surface area (Å²) in [5.74, 6) is -0.729. The number of anilines is 1. The number of hydrogen-bond donors (Lipinski definition) is 1. The third-order valence-corrected chi connectivity index (χ3v) is 3.07. The molecule has 0 saturated carbocycles. The molecule has 0 radical (unpaired) electrons. The summed E-state index contributed by atoms with van der Waals surface area (Å²) in [4.78, 5) is 11.9. The second-order valence-electron chi connectivity index (χ2n) is 4.01. The highest BCUT2D eigenvalue weighted by molar-refractivity contribution is 9.10. The van der Waals surface area contributed by atoms with E-state index in [-0.39, 0.29) is 16.1 Å². The first kappa shape index (κ1) is 15.4. The van der Waals surface area contributed by atoms with E-state index in [4.69, 9.17) is 0 Å². The molecule has 0 bridgehead atoms. The number of amides is 1. The van der Waals surface area contributed by atoms with E-state index in [0.29, 0.717) is 11.3 Å². The normalized spacial score (nSPS) is 11.0. The number of hydrogen-bond acceptors (Lipinski definition) is 2. The van der Waals surface area contributed by atoms with Crippen molar-refractivity contribution in [3.8, 4) is 5.75 Å². The highest BCUT2D eigenvalue weighted by Crippen LogP contribution is 2.32. The van der Waals surface area contributed by atoms with E-state index in [0.717, 1.165) is 6.07 Å². The molecule has 0 aliphatic heterocycles. The maximum absolute atomic E-state index is 12.1. The fourth-order valence-corrected chi connectivity index (χ4v) is 2.04. The maximum Gasteiger partial charge on any atom is 0.573 e. The van der Waals surface area contributed by atoms with Crippen molar-refractivity contribution in [2.45, 2.75) is 6.36 Å². The zero-order valence-electron chi connectivity index (χ0n) is 10.4. The molecule has 21 heavy (non-hydrogen) atoms. The quantitative estimate of drug-likeness (QED) is 0.869. The minimum atomic E-state index is -4.77. The summed E-state index contributed by atoms with van der Waals surface area (Å²) in [5, 5.41) is 2.58. The van der Waals surface area contributed by atoms with E-state index in [1.807, 2.05) is 0 Å². The van der Waals surface area contributed by atoms with Crippen LogP contribution in [0.15, 0.2) is 53.0 Å². The van der Waals surface area contributed by atoms with Gasteiger partial charge >= 0.3 is 6.36 Å². The summed E-state index contributed by atoms with van der Waals surface area (Å²) in [7, 11) is 0. The van der Waals surface area contributed by atoms with Crippen LogP contribution in [-0.4, -0.2) is 12.3 Å². The van der Waals surface area contributed by atoms with E-state index >= 15 is 0 Å². The summed E-state index contributed by atoms with van der Waals surface area (Å²) >= 11 is 2.97. The third-order valence-electron chi connectivity index (χ3n) is 2.45. The van der Waals surface area contributed by atoms with Crippen molar-refractivity contribution in [2.24, 2.45) is 0 Å². The number of nitrogens with one attached hydrogen (secondary N) is 1. The molecule has 0 fully saturated rings. The lowest BCUT2D eigenvalue weighted by Gasteiger charge is -2.12. The second-order valence-corrected chi connectivity index (χ2v) is 4.87. The Morgan fingerprint density at radius 3 is 2.33 bits per heavy atom. The van der Waals surface area contributed by atoms with Gasteiger partial charge in [-0.05, 0) is 46.3 Å². The summed E-state index contributed by atoms with van der Waals surface area (Å²) in [6, 6.07) is 12.2. The molecule has 0 unspecified atom stereocenters. The molecule has 0 saturated heterocycles. The maximum atomic E-state index is 12.1. The van der Waals surface area contributed by atoms with Crippen molar-refractivity contribution in [3.63, 3.8) is 0 Å². The van der Waals surface area contributed by atoms with Crippen molar-refractivity contribution in [2.75, 3.05) is 5.32 Å². The first-order valence-corrected chi connectivity index (χ1v) is 6.56. The number of benzene rings is 2. The Morgan fingerprint density at radius 1 is 1.10 bits per heavy atom. The van der Waals surface area contributed by atoms with Gasteiger partial charge in [-0.3, -0.25) is 4.79 Å². The number of alkyl halides is 3. The van der Waals surface area contributed by atoms with Crippen molar-refractivity contribution in [1.82, 2.24) is 0 Å². The molecule has 7 heteroatoms. The molecule has 110 valence electrons. The van der Waals surface area contributed by atoms with Gasteiger partial charge in [-0.25, -0.2) is 0 Å². The highest BCUT2D eigenvalue weighted by atomic mass is 79.9. The van der Waals surface area contributed by atoms with Crippen LogP contribution in [0.4, 0.5) is 18.9 Å². The Kier molecular flexibility index (Phi) is 4.52. The molecule has 0 heterocycles. The van der Waals surface area contributed by atoms with Gasteiger partial charge in [0, 0.05) is 11.3 Å². The van der Waals surface area contributed by atoms with Crippen LogP contribution in [0.25, 0.3) is 0 Å². The van der Waals surface area contributed by atoms with Gasteiger partial charge in [0.2, 0.25) is 0 Å². The summed E-state index contributed by atoms with van der Waals surface area (Å²) in [5.41, 5.74) is 0.800. The minimum Gasteiger partial charge on any atom is -0.405 e. The van der Waals surface area contributed by atoms with Gasteiger partial charge in [-0.15, -0.1) is 13.2 Å². The number of halogens is 4. The Balaban J connectivity index is 2.12. The zero-order valence-corrected chi connectivity index (χ0v) is 12.0. The molecule has 1 N–H and O–H groups in total. The van der Waals surface area contributed by atoms with Gasteiger partial charge < -0.3 is 10.1 Å². The van der Waals surface area contributed by atoms with Gasteiger partial charge in [0.15, 0.2) is 0 Å². The van der Waals surface area contributed by atoms with E-state index < -0.39 is 6.36 Å². The Morgan fingerprint density at radius 2 is 1.76 bits per heavy atom. The lowest BCUT2D eigenvalue weighted by molar-refractivity contribution is -0.274. The standard InChI is InChI=1S/C14H9BrF3NO2/c15-11-8-10(6-7-12(11)21-14(16,17)18)19-13(20)9-4-2-1-3-5-9/h1-8H,(H,19,20). The molecule has 3 nitrogen and oxygen atoms in total. The topological polar surface area (TPSA) is 38.3 Å². The smallest absolute Gasteiger partial charge is 0.405 e. The van der Waals surface area contributed by atoms with Crippen LogP contribution in [-0.2, 0) is 0 Å². The molecular weight excluding hydrogens is 351 g/mol. The van der Waals surface area contributed by atoms with Crippen molar-refractivity contribution >= 4 is 27.5 Å². The second kappa shape index (κ2) is 6.17. The van der Waals surface area contributed by atoms with Crippen LogP contribution < -0.4 is 10.1 Å². The van der Waals surface area contributed by atoms with Crippen LogP contribution in [0.3, 0.4) is 0 Å². The number of carbonyl (C=O) groups is 1. The number of rotatable bonds is 3. The average Bonchev–Trinajstić information content (AvgIpc) is 2.41. The monoisotopic (exact) mass is 359 g/mol. The van der Waals surface area contributed by atoms with E-state index in [1.165, 1.54) is 12.1 Å². The lowest BCUT2D eigenvalue weighted by Crippen LogP contribution is -2.17. The average molecular weight is 360 g/mol. The van der Waals surface area contributed by atoms with Crippen LogP contribution in [0.2, 0.25) is 0 Å². The predicted molar refractivity (Wildman–Crippen MR) is 75.2 cm³/mol. The summed E-state index contributed by atoms with van der Waals surface area (Å²) < 4.78 is 40.3. The molecule has 0 aliphatic carbocycles. The molecular formula is C14H9BrF3NO2. The largest absolute Gasteiger partial charge is 0.573 e. The molecule has 0 aliphatic rings. The Bertz CT molecular complexity index is 644.